The van der Waals surface area contributed by atoms with Crippen molar-refractivity contribution in [2.24, 2.45) is 0 Å². The summed E-state index contributed by atoms with van der Waals surface area (Å²) in [5.74, 6) is 0. The number of fused-ring (bicyclic) bond motifs is 1. The van der Waals surface area contributed by atoms with E-state index < -0.39 is 17.3 Å². The predicted octanol–water partition coefficient (Wildman–Crippen LogP) is 5.24. The second kappa shape index (κ2) is 7.02. The van der Waals surface area contributed by atoms with Gasteiger partial charge in [-0.2, -0.15) is 13.2 Å². The number of benzene rings is 1. The highest BCUT2D eigenvalue weighted by Crippen LogP contribution is 2.34. The van der Waals surface area contributed by atoms with Crippen LogP contribution >= 0.6 is 0 Å². The summed E-state index contributed by atoms with van der Waals surface area (Å²) >= 11 is 0. The Morgan fingerprint density at radius 2 is 1.58 bits per heavy atom. The molecule has 138 valence electrons. The summed E-state index contributed by atoms with van der Waals surface area (Å²) in [6.45, 7) is 4.15. The molecule has 26 heavy (non-hydrogen) atoms. The minimum Gasteiger partial charge on any atom is -0.322 e. The third-order valence-electron chi connectivity index (χ3n) is 4.45. The molecule has 0 aliphatic heterocycles. The molecule has 0 amide bonds. The van der Waals surface area contributed by atoms with Gasteiger partial charge in [-0.25, -0.2) is 0 Å². The number of rotatable bonds is 5. The number of alkyl halides is 3. The van der Waals surface area contributed by atoms with Gasteiger partial charge in [-0.3, -0.25) is 4.79 Å². The summed E-state index contributed by atoms with van der Waals surface area (Å²) in [4.78, 5) is 14.1. The average Bonchev–Trinajstić information content (AvgIpc) is 2.96. The van der Waals surface area contributed by atoms with Gasteiger partial charge in [0.1, 0.15) is 0 Å². The van der Waals surface area contributed by atoms with E-state index in [9.17, 15) is 18.0 Å². The molecule has 0 fully saturated rings. The van der Waals surface area contributed by atoms with Gasteiger partial charge in [0.2, 0.25) is 5.56 Å². The van der Waals surface area contributed by atoms with Crippen molar-refractivity contribution in [2.45, 2.75) is 45.7 Å². The van der Waals surface area contributed by atoms with Crippen LogP contribution in [-0.4, -0.2) is 9.55 Å². The number of aryl methyl sites for hydroxylation is 2. The van der Waals surface area contributed by atoms with E-state index in [-0.39, 0.29) is 10.9 Å². The monoisotopic (exact) mass is 362 g/mol. The molecule has 0 aliphatic carbocycles. The normalized spacial score (nSPS) is 12.0. The summed E-state index contributed by atoms with van der Waals surface area (Å²) in [6, 6.07) is 9.53. The first-order valence-corrected chi connectivity index (χ1v) is 8.79. The number of hydrogen-bond acceptors (Lipinski definition) is 1. The Labute approximate surface area is 149 Å². The summed E-state index contributed by atoms with van der Waals surface area (Å²) in [7, 11) is 0. The maximum Gasteiger partial charge on any atom is 0.417 e. The lowest BCUT2D eigenvalue weighted by molar-refractivity contribution is -0.136. The van der Waals surface area contributed by atoms with E-state index in [1.807, 2.05) is 16.7 Å². The Balaban J connectivity index is 2.26. The molecule has 0 spiro atoms. The molecule has 6 heteroatoms. The highest BCUT2D eigenvalue weighted by atomic mass is 19.4. The Kier molecular flexibility index (Phi) is 4.94. The number of halogens is 3. The van der Waals surface area contributed by atoms with Gasteiger partial charge >= 0.3 is 6.18 Å². The first-order chi connectivity index (χ1) is 12.3. The van der Waals surface area contributed by atoms with E-state index >= 15 is 0 Å². The molecule has 3 nitrogen and oxygen atoms in total. The first-order valence-electron chi connectivity index (χ1n) is 8.79. The van der Waals surface area contributed by atoms with Crippen molar-refractivity contribution in [3.05, 3.63) is 63.7 Å². The molecule has 1 N–H and O–H groups in total. The van der Waals surface area contributed by atoms with Crippen LogP contribution in [-0.2, 0) is 19.0 Å². The number of nitrogens with zero attached hydrogens (tertiary/aromatic N) is 1. The highest BCUT2D eigenvalue weighted by molar-refractivity contribution is 5.84. The van der Waals surface area contributed by atoms with Gasteiger partial charge in [0.15, 0.2) is 0 Å². The van der Waals surface area contributed by atoms with Crippen LogP contribution < -0.4 is 5.56 Å². The fourth-order valence-electron chi connectivity index (χ4n) is 3.38. The van der Waals surface area contributed by atoms with Crippen LogP contribution in [0.5, 0.6) is 0 Å². The predicted molar refractivity (Wildman–Crippen MR) is 96.9 cm³/mol. The lowest BCUT2D eigenvalue weighted by atomic mass is 10.1. The maximum atomic E-state index is 13.4. The Hall–Kier alpha value is -2.50. The molecule has 1 aromatic carbocycles. The SMILES string of the molecule is CCCc1ccc(CCC)n1-c1ccc2[nH]c(=O)cc(C(F)(F)F)c2c1. The van der Waals surface area contributed by atoms with E-state index in [2.05, 4.69) is 18.8 Å². The topological polar surface area (TPSA) is 37.8 Å². The first kappa shape index (κ1) is 18.3. The third kappa shape index (κ3) is 3.41. The fraction of sp³-hybridized carbons (Fsp3) is 0.350. The van der Waals surface area contributed by atoms with Gasteiger partial charge < -0.3 is 9.55 Å². The second-order valence-corrected chi connectivity index (χ2v) is 6.43. The zero-order valence-corrected chi connectivity index (χ0v) is 14.8. The summed E-state index contributed by atoms with van der Waals surface area (Å²) in [5, 5.41) is 0.00759. The van der Waals surface area contributed by atoms with Crippen molar-refractivity contribution in [2.75, 3.05) is 0 Å². The van der Waals surface area contributed by atoms with E-state index in [0.717, 1.165) is 37.1 Å². The Morgan fingerprint density at radius 3 is 2.12 bits per heavy atom. The van der Waals surface area contributed by atoms with Crippen LogP contribution in [0.4, 0.5) is 13.2 Å². The van der Waals surface area contributed by atoms with Crippen molar-refractivity contribution >= 4 is 10.9 Å². The summed E-state index contributed by atoms with van der Waals surface area (Å²) in [6.07, 6.45) is -0.992. The molecule has 2 heterocycles. The molecule has 2 aromatic heterocycles. The van der Waals surface area contributed by atoms with E-state index in [1.165, 1.54) is 6.07 Å². The molecule has 0 radical (unpaired) electrons. The van der Waals surface area contributed by atoms with Gasteiger partial charge in [-0.05, 0) is 43.2 Å². The van der Waals surface area contributed by atoms with Crippen LogP contribution in [0.25, 0.3) is 16.6 Å². The molecule has 0 atom stereocenters. The summed E-state index contributed by atoms with van der Waals surface area (Å²) in [5.41, 5.74) is 1.37. The lowest BCUT2D eigenvalue weighted by Crippen LogP contribution is -2.14. The molecule has 0 bridgehead atoms. The van der Waals surface area contributed by atoms with Crippen molar-refractivity contribution in [1.82, 2.24) is 9.55 Å². The van der Waals surface area contributed by atoms with Crippen LogP contribution in [0.3, 0.4) is 0 Å². The van der Waals surface area contributed by atoms with Gasteiger partial charge in [-0.1, -0.05) is 26.7 Å². The lowest BCUT2D eigenvalue weighted by Gasteiger charge is -2.16. The largest absolute Gasteiger partial charge is 0.417 e. The van der Waals surface area contributed by atoms with E-state index in [0.29, 0.717) is 11.8 Å². The zero-order valence-electron chi connectivity index (χ0n) is 14.8. The third-order valence-corrected chi connectivity index (χ3v) is 4.45. The van der Waals surface area contributed by atoms with E-state index in [4.69, 9.17) is 0 Å². The molecular formula is C20H21F3N2O. The standard InChI is InChI=1S/C20H21F3N2O/c1-3-5-13-7-8-14(6-4-2)25(13)15-9-10-18-16(11-15)17(20(21,22)23)12-19(26)24-18/h7-12H,3-6H2,1-2H3,(H,24,26). The molecular weight excluding hydrogens is 341 g/mol. The number of aromatic nitrogens is 2. The quantitative estimate of drug-likeness (QED) is 0.662. The smallest absolute Gasteiger partial charge is 0.322 e. The van der Waals surface area contributed by atoms with Gasteiger partial charge in [0.05, 0.1) is 5.56 Å². The minimum absolute atomic E-state index is 0.00759. The fourth-order valence-corrected chi connectivity index (χ4v) is 3.38. The molecule has 0 unspecified atom stereocenters. The van der Waals surface area contributed by atoms with Crippen molar-refractivity contribution < 1.29 is 13.2 Å². The number of aromatic amines is 1. The second-order valence-electron chi connectivity index (χ2n) is 6.43. The molecule has 3 rings (SSSR count). The zero-order chi connectivity index (χ0) is 18.9. The van der Waals surface area contributed by atoms with Crippen LogP contribution in [0.15, 0.2) is 41.2 Å². The van der Waals surface area contributed by atoms with Crippen molar-refractivity contribution in [3.63, 3.8) is 0 Å². The number of H-pyrrole nitrogens is 1. The van der Waals surface area contributed by atoms with Crippen LogP contribution in [0.2, 0.25) is 0 Å². The molecule has 0 saturated carbocycles. The average molecular weight is 362 g/mol. The van der Waals surface area contributed by atoms with Crippen molar-refractivity contribution in [1.29, 1.82) is 0 Å². The molecule has 3 aromatic rings. The molecule has 0 aliphatic rings. The van der Waals surface area contributed by atoms with Gasteiger partial charge in [0, 0.05) is 34.0 Å². The molecule has 0 saturated heterocycles. The summed E-state index contributed by atoms with van der Waals surface area (Å²) < 4.78 is 42.3. The Morgan fingerprint density at radius 1 is 0.962 bits per heavy atom. The highest BCUT2D eigenvalue weighted by Gasteiger charge is 2.33. The number of pyridine rings is 1. The van der Waals surface area contributed by atoms with Crippen molar-refractivity contribution in [3.8, 4) is 5.69 Å². The van der Waals surface area contributed by atoms with Crippen LogP contribution in [0, 0.1) is 0 Å². The van der Waals surface area contributed by atoms with Gasteiger partial charge in [0.25, 0.3) is 0 Å². The van der Waals surface area contributed by atoms with E-state index in [1.54, 1.807) is 12.1 Å². The minimum atomic E-state index is -4.58. The van der Waals surface area contributed by atoms with Crippen LogP contribution in [0.1, 0.15) is 43.6 Å². The number of nitrogens with one attached hydrogen (secondary N) is 1. The van der Waals surface area contributed by atoms with Gasteiger partial charge in [-0.15, -0.1) is 0 Å². The maximum absolute atomic E-state index is 13.4. The number of hydrogen-bond donors (Lipinski definition) is 1. The Bertz CT molecular complexity index is 959.